The summed E-state index contributed by atoms with van der Waals surface area (Å²) in [5, 5.41) is 0.501. The van der Waals surface area contributed by atoms with Gasteiger partial charge in [-0.15, -0.1) is 0 Å². The maximum atomic E-state index is 11.5. The fourth-order valence-electron chi connectivity index (χ4n) is 1.45. The van der Waals surface area contributed by atoms with Crippen LogP contribution in [0.25, 0.3) is 0 Å². The van der Waals surface area contributed by atoms with Crippen LogP contribution in [0, 0.1) is 5.92 Å². The molecule has 0 saturated carbocycles. The number of rotatable bonds is 1. The molecule has 1 amide bonds. The van der Waals surface area contributed by atoms with E-state index < -0.39 is 0 Å². The highest BCUT2D eigenvalue weighted by Gasteiger charge is 2.21. The van der Waals surface area contributed by atoms with E-state index in [1.807, 2.05) is 18.7 Å². The number of thiol groups is 1. The number of carbonyl (C=O) groups excluding carboxylic acids is 1. The van der Waals surface area contributed by atoms with Gasteiger partial charge in [-0.25, -0.2) is 0 Å². The van der Waals surface area contributed by atoms with E-state index in [9.17, 15) is 4.79 Å². The minimum atomic E-state index is 0.140. The van der Waals surface area contributed by atoms with Crippen molar-refractivity contribution in [3.05, 3.63) is 0 Å². The van der Waals surface area contributed by atoms with Crippen LogP contribution in [0.15, 0.2) is 0 Å². The van der Waals surface area contributed by atoms with Gasteiger partial charge in [-0.3, -0.25) is 4.79 Å². The van der Waals surface area contributed by atoms with E-state index in [1.165, 1.54) is 0 Å². The number of hydrogen-bond acceptors (Lipinski definition) is 2. The van der Waals surface area contributed by atoms with Crippen molar-refractivity contribution in [2.75, 3.05) is 13.1 Å². The molecule has 12 heavy (non-hydrogen) atoms. The van der Waals surface area contributed by atoms with E-state index in [0.717, 1.165) is 25.9 Å². The van der Waals surface area contributed by atoms with Crippen molar-refractivity contribution in [3.63, 3.8) is 0 Å². The molecule has 0 aliphatic carbocycles. The van der Waals surface area contributed by atoms with Gasteiger partial charge in [0.25, 0.3) is 0 Å². The standard InChI is InChI=1S/C9H17NOS/c1-7(2)9(11)10-5-3-8(12)4-6-10/h7-8,12H,3-6H2,1-2H3. The van der Waals surface area contributed by atoms with Gasteiger partial charge in [0.05, 0.1) is 0 Å². The highest BCUT2D eigenvalue weighted by molar-refractivity contribution is 7.80. The summed E-state index contributed by atoms with van der Waals surface area (Å²) in [6, 6.07) is 0. The lowest BCUT2D eigenvalue weighted by molar-refractivity contribution is -0.135. The molecule has 1 heterocycles. The van der Waals surface area contributed by atoms with E-state index >= 15 is 0 Å². The Morgan fingerprint density at radius 3 is 2.33 bits per heavy atom. The zero-order valence-corrected chi connectivity index (χ0v) is 8.68. The molecule has 1 aliphatic heterocycles. The number of likely N-dealkylation sites (tertiary alicyclic amines) is 1. The van der Waals surface area contributed by atoms with Crippen molar-refractivity contribution in [1.82, 2.24) is 4.90 Å². The number of hydrogen-bond donors (Lipinski definition) is 1. The normalized spacial score (nSPS) is 20.2. The average Bonchev–Trinajstić information content (AvgIpc) is 2.04. The molecule has 0 unspecified atom stereocenters. The third-order valence-electron chi connectivity index (χ3n) is 2.27. The second-order valence-electron chi connectivity index (χ2n) is 3.71. The van der Waals surface area contributed by atoms with E-state index in [-0.39, 0.29) is 11.8 Å². The Morgan fingerprint density at radius 2 is 1.92 bits per heavy atom. The molecule has 0 spiro atoms. The Labute approximate surface area is 79.7 Å². The van der Waals surface area contributed by atoms with Gasteiger partial charge in [-0.1, -0.05) is 13.8 Å². The Bertz CT molecular complexity index is 162. The molecule has 70 valence electrons. The van der Waals surface area contributed by atoms with Gasteiger partial charge in [0, 0.05) is 24.3 Å². The van der Waals surface area contributed by atoms with Gasteiger partial charge < -0.3 is 4.90 Å². The molecule has 2 nitrogen and oxygen atoms in total. The minimum Gasteiger partial charge on any atom is -0.342 e. The second-order valence-corrected chi connectivity index (χ2v) is 4.44. The first-order valence-corrected chi connectivity index (χ1v) is 5.09. The van der Waals surface area contributed by atoms with E-state index in [1.54, 1.807) is 0 Å². The molecule has 1 aliphatic rings. The van der Waals surface area contributed by atoms with Crippen molar-refractivity contribution < 1.29 is 4.79 Å². The summed E-state index contributed by atoms with van der Waals surface area (Å²) in [6.45, 7) is 5.70. The summed E-state index contributed by atoms with van der Waals surface area (Å²) in [7, 11) is 0. The van der Waals surface area contributed by atoms with E-state index in [4.69, 9.17) is 0 Å². The summed E-state index contributed by atoms with van der Waals surface area (Å²) in [5.74, 6) is 0.428. The summed E-state index contributed by atoms with van der Waals surface area (Å²) in [6.07, 6.45) is 2.09. The number of piperidine rings is 1. The van der Waals surface area contributed by atoms with Gasteiger partial charge in [0.1, 0.15) is 0 Å². The molecule has 0 aromatic carbocycles. The maximum absolute atomic E-state index is 11.5. The monoisotopic (exact) mass is 187 g/mol. The molecule has 0 bridgehead atoms. The summed E-state index contributed by atoms with van der Waals surface area (Å²) < 4.78 is 0. The van der Waals surface area contributed by atoms with Gasteiger partial charge in [-0.2, -0.15) is 12.6 Å². The lowest BCUT2D eigenvalue weighted by atomic mass is 10.1. The molecular formula is C9H17NOS. The lowest BCUT2D eigenvalue weighted by Gasteiger charge is -2.31. The molecular weight excluding hydrogens is 170 g/mol. The fourth-order valence-corrected chi connectivity index (χ4v) is 1.68. The molecule has 0 radical (unpaired) electrons. The van der Waals surface area contributed by atoms with Crippen molar-refractivity contribution in [2.24, 2.45) is 5.92 Å². The summed E-state index contributed by atoms with van der Waals surface area (Å²) >= 11 is 4.38. The zero-order chi connectivity index (χ0) is 9.14. The molecule has 3 heteroatoms. The zero-order valence-electron chi connectivity index (χ0n) is 7.79. The maximum Gasteiger partial charge on any atom is 0.225 e. The van der Waals surface area contributed by atoms with Crippen molar-refractivity contribution >= 4 is 18.5 Å². The third-order valence-corrected chi connectivity index (χ3v) is 2.79. The van der Waals surface area contributed by atoms with Gasteiger partial charge >= 0.3 is 0 Å². The van der Waals surface area contributed by atoms with Crippen LogP contribution in [0.5, 0.6) is 0 Å². The Hall–Kier alpha value is -0.180. The smallest absolute Gasteiger partial charge is 0.225 e. The second kappa shape index (κ2) is 4.17. The first-order chi connectivity index (χ1) is 5.61. The lowest BCUT2D eigenvalue weighted by Crippen LogP contribution is -2.40. The molecule has 1 rings (SSSR count). The summed E-state index contributed by atoms with van der Waals surface area (Å²) in [4.78, 5) is 13.5. The van der Waals surface area contributed by atoms with Crippen molar-refractivity contribution in [1.29, 1.82) is 0 Å². The number of carbonyl (C=O) groups is 1. The topological polar surface area (TPSA) is 20.3 Å². The van der Waals surface area contributed by atoms with Crippen LogP contribution in [-0.4, -0.2) is 29.1 Å². The Morgan fingerprint density at radius 1 is 1.42 bits per heavy atom. The first kappa shape index (κ1) is 9.90. The molecule has 0 atom stereocenters. The van der Waals surface area contributed by atoms with Crippen LogP contribution < -0.4 is 0 Å². The SMILES string of the molecule is CC(C)C(=O)N1CCC(S)CC1. The van der Waals surface area contributed by atoms with Crippen LogP contribution in [0.4, 0.5) is 0 Å². The minimum absolute atomic E-state index is 0.140. The Kier molecular flexibility index (Phi) is 3.44. The summed E-state index contributed by atoms with van der Waals surface area (Å²) in [5.41, 5.74) is 0. The predicted molar refractivity (Wildman–Crippen MR) is 53.4 cm³/mol. The average molecular weight is 187 g/mol. The number of amides is 1. The Balaban J connectivity index is 2.39. The molecule has 0 aromatic rings. The quantitative estimate of drug-likeness (QED) is 0.618. The highest BCUT2D eigenvalue weighted by atomic mass is 32.1. The van der Waals surface area contributed by atoms with Gasteiger partial charge in [0.15, 0.2) is 0 Å². The van der Waals surface area contributed by atoms with E-state index in [0.29, 0.717) is 5.25 Å². The van der Waals surface area contributed by atoms with E-state index in [2.05, 4.69) is 12.6 Å². The highest BCUT2D eigenvalue weighted by Crippen LogP contribution is 2.16. The van der Waals surface area contributed by atoms with Crippen molar-refractivity contribution in [2.45, 2.75) is 31.9 Å². The predicted octanol–water partition coefficient (Wildman–Crippen LogP) is 1.56. The fraction of sp³-hybridized carbons (Fsp3) is 0.889. The van der Waals surface area contributed by atoms with Crippen molar-refractivity contribution in [3.8, 4) is 0 Å². The van der Waals surface area contributed by atoms with Crippen LogP contribution >= 0.6 is 12.6 Å². The number of nitrogens with zero attached hydrogens (tertiary/aromatic N) is 1. The third kappa shape index (κ3) is 2.41. The molecule has 1 saturated heterocycles. The first-order valence-electron chi connectivity index (χ1n) is 4.58. The van der Waals surface area contributed by atoms with Crippen LogP contribution in [-0.2, 0) is 4.79 Å². The molecule has 0 aromatic heterocycles. The van der Waals surface area contributed by atoms with Crippen LogP contribution in [0.3, 0.4) is 0 Å². The molecule has 1 fully saturated rings. The van der Waals surface area contributed by atoms with Gasteiger partial charge in [-0.05, 0) is 12.8 Å². The van der Waals surface area contributed by atoms with Crippen LogP contribution in [0.1, 0.15) is 26.7 Å². The van der Waals surface area contributed by atoms with Crippen LogP contribution in [0.2, 0.25) is 0 Å². The largest absolute Gasteiger partial charge is 0.342 e. The van der Waals surface area contributed by atoms with Gasteiger partial charge in [0.2, 0.25) is 5.91 Å². The molecule has 0 N–H and O–H groups in total.